The summed E-state index contributed by atoms with van der Waals surface area (Å²) in [7, 11) is 1.84. The Labute approximate surface area is 76.2 Å². The molecule has 1 aromatic rings. The maximum Gasteiger partial charge on any atom is 0.150 e. The zero-order chi connectivity index (χ0) is 9.42. The first-order valence-electron chi connectivity index (χ1n) is 4.27. The minimum Gasteiger partial charge on any atom is -0.389 e. The molecule has 5 nitrogen and oxygen atoms in total. The van der Waals surface area contributed by atoms with Gasteiger partial charge >= 0.3 is 0 Å². The van der Waals surface area contributed by atoms with Crippen molar-refractivity contribution in [1.82, 2.24) is 9.78 Å². The third-order valence-corrected chi connectivity index (χ3v) is 2.28. The van der Waals surface area contributed by atoms with Crippen LogP contribution in [0.25, 0.3) is 0 Å². The van der Waals surface area contributed by atoms with Gasteiger partial charge in [-0.15, -0.1) is 0 Å². The van der Waals surface area contributed by atoms with E-state index in [1.54, 1.807) is 4.68 Å². The molecule has 0 bridgehead atoms. The molecule has 2 heterocycles. The number of hydrogen-bond acceptors (Lipinski definition) is 4. The van der Waals surface area contributed by atoms with E-state index in [4.69, 9.17) is 0 Å². The molecular formula is C8H13N3O2. The Morgan fingerprint density at radius 1 is 1.38 bits per heavy atom. The molecule has 2 unspecified atom stereocenters. The van der Waals surface area contributed by atoms with E-state index >= 15 is 0 Å². The maximum atomic E-state index is 9.31. The van der Waals surface area contributed by atoms with E-state index in [2.05, 4.69) is 5.10 Å². The number of aliphatic hydroxyl groups excluding tert-OH is 2. The van der Waals surface area contributed by atoms with Gasteiger partial charge in [0, 0.05) is 32.4 Å². The SMILES string of the molecule is Cn1ccc(N2CC(O)C(O)C2)n1. The van der Waals surface area contributed by atoms with Gasteiger partial charge in [-0.1, -0.05) is 0 Å². The molecule has 0 spiro atoms. The van der Waals surface area contributed by atoms with Gasteiger partial charge in [0.2, 0.25) is 0 Å². The van der Waals surface area contributed by atoms with Crippen LogP contribution in [0.5, 0.6) is 0 Å². The molecule has 0 aromatic carbocycles. The van der Waals surface area contributed by atoms with Crippen molar-refractivity contribution in [3.63, 3.8) is 0 Å². The molecule has 0 saturated carbocycles. The van der Waals surface area contributed by atoms with Gasteiger partial charge < -0.3 is 15.1 Å². The van der Waals surface area contributed by atoms with Gasteiger partial charge in [-0.3, -0.25) is 4.68 Å². The summed E-state index contributed by atoms with van der Waals surface area (Å²) in [5.74, 6) is 0.804. The predicted octanol–water partition coefficient (Wildman–Crippen LogP) is -1.04. The highest BCUT2D eigenvalue weighted by Crippen LogP contribution is 2.17. The molecule has 1 saturated heterocycles. The normalized spacial score (nSPS) is 28.4. The summed E-state index contributed by atoms with van der Waals surface area (Å²) in [5, 5.41) is 22.8. The van der Waals surface area contributed by atoms with E-state index in [0.717, 1.165) is 5.82 Å². The fourth-order valence-electron chi connectivity index (χ4n) is 1.53. The molecule has 1 aliphatic rings. The van der Waals surface area contributed by atoms with E-state index in [0.29, 0.717) is 13.1 Å². The molecule has 0 aliphatic carbocycles. The number of β-amino-alcohol motifs (C(OH)–C–C–N with tert-alkyl or cyclic N) is 2. The summed E-state index contributed by atoms with van der Waals surface area (Å²) in [6, 6.07) is 1.87. The molecule has 13 heavy (non-hydrogen) atoms. The van der Waals surface area contributed by atoms with E-state index in [1.165, 1.54) is 0 Å². The van der Waals surface area contributed by atoms with Crippen LogP contribution in [0.2, 0.25) is 0 Å². The Morgan fingerprint density at radius 3 is 2.46 bits per heavy atom. The average Bonchev–Trinajstić information content (AvgIpc) is 2.61. The van der Waals surface area contributed by atoms with Crippen molar-refractivity contribution >= 4 is 5.82 Å². The summed E-state index contributed by atoms with van der Waals surface area (Å²) in [5.41, 5.74) is 0. The number of nitrogens with zero attached hydrogens (tertiary/aromatic N) is 3. The summed E-state index contributed by atoms with van der Waals surface area (Å²) < 4.78 is 1.70. The summed E-state index contributed by atoms with van der Waals surface area (Å²) in [6.07, 6.45) is 0.538. The summed E-state index contributed by atoms with van der Waals surface area (Å²) in [4.78, 5) is 1.87. The third kappa shape index (κ3) is 1.52. The van der Waals surface area contributed by atoms with Crippen molar-refractivity contribution in [3.8, 4) is 0 Å². The number of aromatic nitrogens is 2. The van der Waals surface area contributed by atoms with Crippen LogP contribution in [0, 0.1) is 0 Å². The van der Waals surface area contributed by atoms with Crippen LogP contribution in [-0.2, 0) is 7.05 Å². The van der Waals surface area contributed by atoms with Crippen LogP contribution in [0.3, 0.4) is 0 Å². The average molecular weight is 183 g/mol. The van der Waals surface area contributed by atoms with Gasteiger partial charge in [0.1, 0.15) is 0 Å². The molecule has 0 radical (unpaired) electrons. The minimum atomic E-state index is -0.651. The number of hydrogen-bond donors (Lipinski definition) is 2. The molecule has 1 aliphatic heterocycles. The van der Waals surface area contributed by atoms with Crippen LogP contribution >= 0.6 is 0 Å². The van der Waals surface area contributed by atoms with Crippen molar-refractivity contribution in [3.05, 3.63) is 12.3 Å². The molecule has 72 valence electrons. The molecule has 2 rings (SSSR count). The summed E-state index contributed by atoms with van der Waals surface area (Å²) in [6.45, 7) is 0.913. The van der Waals surface area contributed by atoms with Crippen molar-refractivity contribution < 1.29 is 10.2 Å². The van der Waals surface area contributed by atoms with Crippen molar-refractivity contribution in [2.45, 2.75) is 12.2 Å². The molecule has 2 N–H and O–H groups in total. The Hall–Kier alpha value is -1.07. The molecule has 5 heteroatoms. The Balaban J connectivity index is 2.11. The van der Waals surface area contributed by atoms with Crippen LogP contribution in [0.1, 0.15) is 0 Å². The molecule has 1 fully saturated rings. The zero-order valence-electron chi connectivity index (χ0n) is 7.46. The molecule has 1 aromatic heterocycles. The smallest absolute Gasteiger partial charge is 0.150 e. The van der Waals surface area contributed by atoms with Crippen molar-refractivity contribution in [2.24, 2.45) is 7.05 Å². The first-order chi connectivity index (χ1) is 6.16. The van der Waals surface area contributed by atoms with Gasteiger partial charge in [-0.25, -0.2) is 0 Å². The second kappa shape index (κ2) is 3.01. The second-order valence-electron chi connectivity index (χ2n) is 3.39. The lowest BCUT2D eigenvalue weighted by Gasteiger charge is -2.12. The van der Waals surface area contributed by atoms with Crippen LogP contribution < -0.4 is 4.90 Å². The van der Waals surface area contributed by atoms with Crippen LogP contribution in [-0.4, -0.2) is 45.3 Å². The van der Waals surface area contributed by atoms with E-state index in [1.807, 2.05) is 24.2 Å². The number of aliphatic hydroxyl groups is 2. The van der Waals surface area contributed by atoms with Gasteiger partial charge in [0.15, 0.2) is 5.82 Å². The highest BCUT2D eigenvalue weighted by atomic mass is 16.3. The summed E-state index contributed by atoms with van der Waals surface area (Å²) >= 11 is 0. The number of rotatable bonds is 1. The lowest BCUT2D eigenvalue weighted by molar-refractivity contribution is 0.0572. The number of aryl methyl sites for hydroxylation is 1. The highest BCUT2D eigenvalue weighted by Gasteiger charge is 2.30. The van der Waals surface area contributed by atoms with Gasteiger partial charge in [0.25, 0.3) is 0 Å². The van der Waals surface area contributed by atoms with Gasteiger partial charge in [-0.2, -0.15) is 5.10 Å². The van der Waals surface area contributed by atoms with Gasteiger partial charge in [-0.05, 0) is 0 Å². The molecular weight excluding hydrogens is 170 g/mol. The first-order valence-corrected chi connectivity index (χ1v) is 4.27. The van der Waals surface area contributed by atoms with Crippen molar-refractivity contribution in [1.29, 1.82) is 0 Å². The van der Waals surface area contributed by atoms with Crippen molar-refractivity contribution in [2.75, 3.05) is 18.0 Å². The Kier molecular flexibility index (Phi) is 1.97. The third-order valence-electron chi connectivity index (χ3n) is 2.28. The topological polar surface area (TPSA) is 61.5 Å². The quantitative estimate of drug-likeness (QED) is 0.584. The zero-order valence-corrected chi connectivity index (χ0v) is 7.46. The predicted molar refractivity (Wildman–Crippen MR) is 47.4 cm³/mol. The van der Waals surface area contributed by atoms with E-state index < -0.39 is 12.2 Å². The minimum absolute atomic E-state index is 0.457. The van der Waals surface area contributed by atoms with Crippen LogP contribution in [0.4, 0.5) is 5.82 Å². The molecule has 0 amide bonds. The standard InChI is InChI=1S/C8H13N3O2/c1-10-3-2-8(9-10)11-4-6(12)7(13)5-11/h2-3,6-7,12-13H,4-5H2,1H3. The van der Waals surface area contributed by atoms with E-state index in [-0.39, 0.29) is 0 Å². The lowest BCUT2D eigenvalue weighted by Crippen LogP contribution is -2.22. The fourth-order valence-corrected chi connectivity index (χ4v) is 1.53. The monoisotopic (exact) mass is 183 g/mol. The first kappa shape index (κ1) is 8.52. The maximum absolute atomic E-state index is 9.31. The number of anilines is 1. The largest absolute Gasteiger partial charge is 0.389 e. The van der Waals surface area contributed by atoms with Crippen LogP contribution in [0.15, 0.2) is 12.3 Å². The lowest BCUT2D eigenvalue weighted by atomic mass is 10.3. The van der Waals surface area contributed by atoms with E-state index in [9.17, 15) is 10.2 Å². The Bertz CT molecular complexity index is 289. The fraction of sp³-hybridized carbons (Fsp3) is 0.625. The Morgan fingerprint density at radius 2 is 2.00 bits per heavy atom. The van der Waals surface area contributed by atoms with Gasteiger partial charge in [0.05, 0.1) is 12.2 Å². The molecule has 2 atom stereocenters. The second-order valence-corrected chi connectivity index (χ2v) is 3.39. The highest BCUT2D eigenvalue weighted by molar-refractivity contribution is 5.39.